The third-order valence-corrected chi connectivity index (χ3v) is 4.15. The largest absolute Gasteiger partial charge is 0.381 e. The fourth-order valence-corrected chi connectivity index (χ4v) is 3.06. The van der Waals surface area contributed by atoms with Gasteiger partial charge in [0.25, 0.3) is 0 Å². The smallest absolute Gasteiger partial charge is 0.0507 e. The SMILES string of the molecule is C1CN(C2CN(CC3CCOC3)C2)CCN1. The maximum absolute atomic E-state index is 5.42. The van der Waals surface area contributed by atoms with Gasteiger partial charge in [-0.2, -0.15) is 0 Å². The first-order valence-corrected chi connectivity index (χ1v) is 6.67. The average molecular weight is 225 g/mol. The van der Waals surface area contributed by atoms with Crippen molar-refractivity contribution >= 4 is 0 Å². The summed E-state index contributed by atoms with van der Waals surface area (Å²) in [5, 5.41) is 3.42. The highest BCUT2D eigenvalue weighted by Gasteiger charge is 2.33. The third kappa shape index (κ3) is 2.40. The number of ether oxygens (including phenoxy) is 1. The highest BCUT2D eigenvalue weighted by atomic mass is 16.5. The molecule has 0 saturated carbocycles. The molecule has 3 saturated heterocycles. The molecule has 3 fully saturated rings. The molecule has 92 valence electrons. The van der Waals surface area contributed by atoms with Crippen molar-refractivity contribution in [2.24, 2.45) is 5.92 Å². The fraction of sp³-hybridized carbons (Fsp3) is 1.00. The van der Waals surface area contributed by atoms with E-state index in [0.29, 0.717) is 0 Å². The molecule has 1 N–H and O–H groups in total. The van der Waals surface area contributed by atoms with Crippen LogP contribution in [0.25, 0.3) is 0 Å². The zero-order valence-corrected chi connectivity index (χ0v) is 10.0. The van der Waals surface area contributed by atoms with Gasteiger partial charge >= 0.3 is 0 Å². The van der Waals surface area contributed by atoms with Crippen molar-refractivity contribution in [3.05, 3.63) is 0 Å². The molecular weight excluding hydrogens is 202 g/mol. The molecule has 3 aliphatic heterocycles. The Labute approximate surface area is 97.9 Å². The molecule has 0 spiro atoms. The van der Waals surface area contributed by atoms with Crippen molar-refractivity contribution in [1.82, 2.24) is 15.1 Å². The van der Waals surface area contributed by atoms with Crippen LogP contribution in [0.2, 0.25) is 0 Å². The molecule has 0 aromatic heterocycles. The Kier molecular flexibility index (Phi) is 3.43. The Balaban J connectivity index is 1.37. The Hall–Kier alpha value is -0.160. The van der Waals surface area contributed by atoms with E-state index in [4.69, 9.17) is 4.74 Å². The molecule has 3 heterocycles. The minimum absolute atomic E-state index is 0.809. The van der Waals surface area contributed by atoms with E-state index in [2.05, 4.69) is 15.1 Å². The molecule has 0 aliphatic carbocycles. The van der Waals surface area contributed by atoms with Gasteiger partial charge in [-0.1, -0.05) is 0 Å². The fourth-order valence-electron chi connectivity index (χ4n) is 3.06. The zero-order chi connectivity index (χ0) is 10.8. The summed E-state index contributed by atoms with van der Waals surface area (Å²) in [6, 6.07) is 0.837. The van der Waals surface area contributed by atoms with Gasteiger partial charge in [-0.15, -0.1) is 0 Å². The average Bonchev–Trinajstić information content (AvgIpc) is 2.77. The van der Waals surface area contributed by atoms with Crippen molar-refractivity contribution in [3.8, 4) is 0 Å². The summed E-state index contributed by atoms with van der Waals surface area (Å²) in [7, 11) is 0. The molecule has 1 unspecified atom stereocenters. The van der Waals surface area contributed by atoms with Crippen molar-refractivity contribution in [2.75, 3.05) is 59.0 Å². The van der Waals surface area contributed by atoms with E-state index in [1.165, 1.54) is 52.2 Å². The van der Waals surface area contributed by atoms with Gasteiger partial charge < -0.3 is 10.1 Å². The maximum atomic E-state index is 5.42. The Morgan fingerprint density at radius 1 is 1.19 bits per heavy atom. The van der Waals surface area contributed by atoms with Gasteiger partial charge in [0.15, 0.2) is 0 Å². The molecule has 0 bridgehead atoms. The predicted octanol–water partition coefficient (Wildman–Crippen LogP) is -0.388. The van der Waals surface area contributed by atoms with E-state index in [-0.39, 0.29) is 0 Å². The Morgan fingerprint density at radius 2 is 2.00 bits per heavy atom. The number of rotatable bonds is 3. The lowest BCUT2D eigenvalue weighted by atomic mass is 10.0. The van der Waals surface area contributed by atoms with Crippen LogP contribution in [0.4, 0.5) is 0 Å². The number of hydrogen-bond acceptors (Lipinski definition) is 4. The second-order valence-electron chi connectivity index (χ2n) is 5.39. The highest BCUT2D eigenvalue weighted by Crippen LogP contribution is 2.20. The van der Waals surface area contributed by atoms with Gasteiger partial charge in [0.1, 0.15) is 0 Å². The lowest BCUT2D eigenvalue weighted by Gasteiger charge is -2.47. The summed E-state index contributed by atoms with van der Waals surface area (Å²) in [6.07, 6.45) is 1.27. The van der Waals surface area contributed by atoms with Crippen molar-refractivity contribution in [2.45, 2.75) is 12.5 Å². The zero-order valence-electron chi connectivity index (χ0n) is 10.0. The van der Waals surface area contributed by atoms with Crippen molar-refractivity contribution in [1.29, 1.82) is 0 Å². The molecular formula is C12H23N3O. The second-order valence-corrected chi connectivity index (χ2v) is 5.39. The van der Waals surface area contributed by atoms with Crippen LogP contribution in [0, 0.1) is 5.92 Å². The summed E-state index contributed by atoms with van der Waals surface area (Å²) in [6.45, 7) is 10.7. The lowest BCUT2D eigenvalue weighted by Crippen LogP contribution is -2.63. The molecule has 3 rings (SSSR count). The first kappa shape index (κ1) is 11.0. The quantitative estimate of drug-likeness (QED) is 0.708. The molecule has 0 aromatic rings. The van der Waals surface area contributed by atoms with Crippen LogP contribution in [0.3, 0.4) is 0 Å². The Morgan fingerprint density at radius 3 is 2.69 bits per heavy atom. The molecule has 0 radical (unpaired) electrons. The van der Waals surface area contributed by atoms with Crippen LogP contribution in [0.5, 0.6) is 0 Å². The van der Waals surface area contributed by atoms with Gasteiger partial charge in [-0.3, -0.25) is 9.80 Å². The molecule has 16 heavy (non-hydrogen) atoms. The number of nitrogens with one attached hydrogen (secondary N) is 1. The number of nitrogens with zero attached hydrogens (tertiary/aromatic N) is 2. The first-order valence-electron chi connectivity index (χ1n) is 6.67. The Bertz CT molecular complexity index is 218. The summed E-state index contributed by atoms with van der Waals surface area (Å²) >= 11 is 0. The van der Waals surface area contributed by atoms with Crippen LogP contribution in [-0.2, 0) is 4.74 Å². The van der Waals surface area contributed by atoms with Gasteiger partial charge in [-0.05, 0) is 12.3 Å². The highest BCUT2D eigenvalue weighted by molar-refractivity contribution is 4.90. The van der Waals surface area contributed by atoms with Crippen LogP contribution in [0.1, 0.15) is 6.42 Å². The summed E-state index contributed by atoms with van der Waals surface area (Å²) in [4.78, 5) is 5.25. The minimum Gasteiger partial charge on any atom is -0.381 e. The number of piperazine rings is 1. The van der Waals surface area contributed by atoms with Crippen molar-refractivity contribution < 1.29 is 4.74 Å². The molecule has 4 heteroatoms. The van der Waals surface area contributed by atoms with E-state index in [9.17, 15) is 0 Å². The van der Waals surface area contributed by atoms with E-state index in [1.807, 2.05) is 0 Å². The van der Waals surface area contributed by atoms with E-state index in [1.54, 1.807) is 0 Å². The molecule has 4 nitrogen and oxygen atoms in total. The third-order valence-electron chi connectivity index (χ3n) is 4.15. The van der Waals surface area contributed by atoms with E-state index >= 15 is 0 Å². The normalized spacial score (nSPS) is 34.1. The molecule has 0 aromatic carbocycles. The van der Waals surface area contributed by atoms with Crippen LogP contribution in [0.15, 0.2) is 0 Å². The lowest BCUT2D eigenvalue weighted by molar-refractivity contribution is 0.0169. The van der Waals surface area contributed by atoms with Gasteiger partial charge in [-0.25, -0.2) is 0 Å². The van der Waals surface area contributed by atoms with Crippen molar-refractivity contribution in [3.63, 3.8) is 0 Å². The number of hydrogen-bond donors (Lipinski definition) is 1. The van der Waals surface area contributed by atoms with E-state index < -0.39 is 0 Å². The molecule has 1 atom stereocenters. The van der Waals surface area contributed by atoms with E-state index in [0.717, 1.165) is 25.2 Å². The minimum atomic E-state index is 0.809. The van der Waals surface area contributed by atoms with Crippen LogP contribution in [-0.4, -0.2) is 74.9 Å². The predicted molar refractivity (Wildman–Crippen MR) is 63.6 cm³/mol. The van der Waals surface area contributed by atoms with Gasteiger partial charge in [0, 0.05) is 58.5 Å². The topological polar surface area (TPSA) is 27.7 Å². The maximum Gasteiger partial charge on any atom is 0.0507 e. The summed E-state index contributed by atoms with van der Waals surface area (Å²) in [5.74, 6) is 0.809. The molecule has 3 aliphatic rings. The van der Waals surface area contributed by atoms with Crippen LogP contribution < -0.4 is 5.32 Å². The summed E-state index contributed by atoms with van der Waals surface area (Å²) in [5.41, 5.74) is 0. The summed E-state index contributed by atoms with van der Waals surface area (Å²) < 4.78 is 5.42. The van der Waals surface area contributed by atoms with Crippen LogP contribution >= 0.6 is 0 Å². The number of likely N-dealkylation sites (tertiary alicyclic amines) is 1. The van der Waals surface area contributed by atoms with Gasteiger partial charge in [0.05, 0.1) is 6.61 Å². The standard InChI is InChI=1S/C12H23N3O/c1-6-16-10-11(1)7-14-8-12(9-14)15-4-2-13-3-5-15/h11-13H,1-10H2. The molecule has 0 amide bonds. The van der Waals surface area contributed by atoms with Gasteiger partial charge in [0.2, 0.25) is 0 Å². The first-order chi connectivity index (χ1) is 7.92. The monoisotopic (exact) mass is 225 g/mol. The second kappa shape index (κ2) is 5.00.